The molecule has 0 heterocycles. The first-order valence-corrected chi connectivity index (χ1v) is 7.90. The predicted molar refractivity (Wildman–Crippen MR) is 92.1 cm³/mol. The van der Waals surface area contributed by atoms with Gasteiger partial charge in [-0.3, -0.25) is 4.99 Å². The SMILES string of the molecule is CCCCCNC(=NC)NCCc1cc(OC)ccc1OC. The summed E-state index contributed by atoms with van der Waals surface area (Å²) in [5.74, 6) is 2.57. The molecule has 5 heteroatoms. The van der Waals surface area contributed by atoms with Crippen molar-refractivity contribution in [2.24, 2.45) is 4.99 Å². The molecule has 0 unspecified atom stereocenters. The first-order valence-electron chi connectivity index (χ1n) is 7.90. The Kier molecular flexibility index (Phi) is 8.88. The lowest BCUT2D eigenvalue weighted by atomic mass is 10.1. The molecule has 0 saturated heterocycles. The molecule has 124 valence electrons. The second-order valence-corrected chi connectivity index (χ2v) is 5.06. The van der Waals surface area contributed by atoms with E-state index in [0.29, 0.717) is 0 Å². The summed E-state index contributed by atoms with van der Waals surface area (Å²) < 4.78 is 10.7. The lowest BCUT2D eigenvalue weighted by Crippen LogP contribution is -2.38. The monoisotopic (exact) mass is 307 g/mol. The largest absolute Gasteiger partial charge is 0.497 e. The summed E-state index contributed by atoms with van der Waals surface area (Å²) in [4.78, 5) is 4.23. The maximum absolute atomic E-state index is 5.39. The van der Waals surface area contributed by atoms with E-state index < -0.39 is 0 Å². The first kappa shape index (κ1) is 18.1. The third kappa shape index (κ3) is 6.24. The summed E-state index contributed by atoms with van der Waals surface area (Å²) in [5, 5.41) is 6.65. The number of aliphatic imine (C=N–C) groups is 1. The van der Waals surface area contributed by atoms with Gasteiger partial charge >= 0.3 is 0 Å². The topological polar surface area (TPSA) is 54.9 Å². The Morgan fingerprint density at radius 3 is 2.50 bits per heavy atom. The molecule has 0 aliphatic heterocycles. The summed E-state index contributed by atoms with van der Waals surface area (Å²) in [6, 6.07) is 5.86. The highest BCUT2D eigenvalue weighted by atomic mass is 16.5. The van der Waals surface area contributed by atoms with Crippen LogP contribution in [0, 0.1) is 0 Å². The minimum atomic E-state index is 0.789. The molecule has 0 amide bonds. The number of guanidine groups is 1. The quantitative estimate of drug-likeness (QED) is 0.418. The van der Waals surface area contributed by atoms with Gasteiger partial charge in [0.1, 0.15) is 11.5 Å². The highest BCUT2D eigenvalue weighted by molar-refractivity contribution is 5.79. The molecule has 0 aliphatic carbocycles. The van der Waals surface area contributed by atoms with E-state index >= 15 is 0 Å². The van der Waals surface area contributed by atoms with Crippen molar-refractivity contribution in [1.82, 2.24) is 10.6 Å². The third-order valence-electron chi connectivity index (χ3n) is 3.47. The van der Waals surface area contributed by atoms with E-state index in [1.165, 1.54) is 19.3 Å². The summed E-state index contributed by atoms with van der Waals surface area (Å²) in [5.41, 5.74) is 1.12. The van der Waals surface area contributed by atoms with Gasteiger partial charge in [0.05, 0.1) is 14.2 Å². The first-order chi connectivity index (χ1) is 10.7. The molecule has 0 spiro atoms. The van der Waals surface area contributed by atoms with Crippen LogP contribution >= 0.6 is 0 Å². The van der Waals surface area contributed by atoms with E-state index in [0.717, 1.165) is 42.5 Å². The second kappa shape index (κ2) is 10.8. The van der Waals surface area contributed by atoms with Crippen molar-refractivity contribution in [3.8, 4) is 11.5 Å². The smallest absolute Gasteiger partial charge is 0.190 e. The van der Waals surface area contributed by atoms with Gasteiger partial charge in [0.15, 0.2) is 5.96 Å². The van der Waals surface area contributed by atoms with E-state index in [4.69, 9.17) is 9.47 Å². The number of methoxy groups -OCH3 is 2. The maximum atomic E-state index is 5.39. The van der Waals surface area contributed by atoms with Crippen molar-refractivity contribution in [3.63, 3.8) is 0 Å². The van der Waals surface area contributed by atoms with Gasteiger partial charge in [-0.25, -0.2) is 0 Å². The van der Waals surface area contributed by atoms with Gasteiger partial charge in [-0.2, -0.15) is 0 Å². The fourth-order valence-corrected chi connectivity index (χ4v) is 2.20. The molecule has 1 rings (SSSR count). The van der Waals surface area contributed by atoms with Gasteiger partial charge in [-0.1, -0.05) is 19.8 Å². The normalized spacial score (nSPS) is 11.2. The van der Waals surface area contributed by atoms with Crippen LogP contribution in [0.25, 0.3) is 0 Å². The van der Waals surface area contributed by atoms with Crippen LogP contribution in [-0.4, -0.2) is 40.3 Å². The zero-order valence-electron chi connectivity index (χ0n) is 14.2. The Labute approximate surface area is 134 Å². The summed E-state index contributed by atoms with van der Waals surface area (Å²) in [6.45, 7) is 3.95. The van der Waals surface area contributed by atoms with Crippen LogP contribution in [0.15, 0.2) is 23.2 Å². The van der Waals surface area contributed by atoms with E-state index in [-0.39, 0.29) is 0 Å². The van der Waals surface area contributed by atoms with Crippen LogP contribution in [0.2, 0.25) is 0 Å². The van der Waals surface area contributed by atoms with Crippen molar-refractivity contribution in [2.45, 2.75) is 32.6 Å². The average Bonchev–Trinajstić information content (AvgIpc) is 2.56. The van der Waals surface area contributed by atoms with Gasteiger partial charge in [-0.05, 0) is 36.6 Å². The highest BCUT2D eigenvalue weighted by Crippen LogP contribution is 2.24. The zero-order chi connectivity index (χ0) is 16.2. The number of ether oxygens (including phenoxy) is 2. The van der Waals surface area contributed by atoms with E-state index in [2.05, 4.69) is 22.5 Å². The second-order valence-electron chi connectivity index (χ2n) is 5.06. The Hall–Kier alpha value is -1.91. The van der Waals surface area contributed by atoms with Crippen molar-refractivity contribution < 1.29 is 9.47 Å². The predicted octanol–water partition coefficient (Wildman–Crippen LogP) is 2.60. The van der Waals surface area contributed by atoms with Crippen LogP contribution in [0.5, 0.6) is 11.5 Å². The number of hydrogen-bond acceptors (Lipinski definition) is 3. The van der Waals surface area contributed by atoms with E-state index in [9.17, 15) is 0 Å². The van der Waals surface area contributed by atoms with Crippen molar-refractivity contribution in [2.75, 3.05) is 34.4 Å². The number of unbranched alkanes of at least 4 members (excludes halogenated alkanes) is 2. The molecule has 22 heavy (non-hydrogen) atoms. The van der Waals surface area contributed by atoms with Gasteiger partial charge in [0, 0.05) is 20.1 Å². The molecule has 1 aromatic carbocycles. The molecule has 5 nitrogen and oxygen atoms in total. The maximum Gasteiger partial charge on any atom is 0.190 e. The van der Waals surface area contributed by atoms with Gasteiger partial charge < -0.3 is 20.1 Å². The standard InChI is InChI=1S/C17H29N3O2/c1-5-6-7-11-19-17(18-2)20-12-10-14-13-15(21-3)8-9-16(14)22-4/h8-9,13H,5-7,10-12H2,1-4H3,(H2,18,19,20). The lowest BCUT2D eigenvalue weighted by Gasteiger charge is -2.13. The van der Waals surface area contributed by atoms with Crippen LogP contribution in [0.4, 0.5) is 0 Å². The molecule has 0 bridgehead atoms. The lowest BCUT2D eigenvalue weighted by molar-refractivity contribution is 0.398. The van der Waals surface area contributed by atoms with E-state index in [1.807, 2.05) is 18.2 Å². The van der Waals surface area contributed by atoms with Crippen LogP contribution in [0.1, 0.15) is 31.7 Å². The van der Waals surface area contributed by atoms with Crippen molar-refractivity contribution >= 4 is 5.96 Å². The summed E-state index contributed by atoms with van der Waals surface area (Å²) in [7, 11) is 5.15. The Balaban J connectivity index is 2.45. The number of benzene rings is 1. The molecule has 0 fully saturated rings. The molecule has 0 aliphatic rings. The van der Waals surface area contributed by atoms with Crippen LogP contribution < -0.4 is 20.1 Å². The molecule has 2 N–H and O–H groups in total. The number of hydrogen-bond donors (Lipinski definition) is 2. The van der Waals surface area contributed by atoms with E-state index in [1.54, 1.807) is 21.3 Å². The fraction of sp³-hybridized carbons (Fsp3) is 0.588. The molecular weight excluding hydrogens is 278 g/mol. The molecule has 1 aromatic rings. The van der Waals surface area contributed by atoms with Crippen LogP contribution in [-0.2, 0) is 6.42 Å². The fourth-order valence-electron chi connectivity index (χ4n) is 2.20. The molecular formula is C17H29N3O2. The minimum Gasteiger partial charge on any atom is -0.497 e. The Bertz CT molecular complexity index is 461. The number of nitrogens with one attached hydrogen (secondary N) is 2. The van der Waals surface area contributed by atoms with Crippen molar-refractivity contribution in [1.29, 1.82) is 0 Å². The van der Waals surface area contributed by atoms with Gasteiger partial charge in [-0.15, -0.1) is 0 Å². The zero-order valence-corrected chi connectivity index (χ0v) is 14.2. The van der Waals surface area contributed by atoms with Crippen LogP contribution in [0.3, 0.4) is 0 Å². The third-order valence-corrected chi connectivity index (χ3v) is 3.47. The van der Waals surface area contributed by atoms with Gasteiger partial charge in [0.2, 0.25) is 0 Å². The van der Waals surface area contributed by atoms with Crippen molar-refractivity contribution in [3.05, 3.63) is 23.8 Å². The molecule has 0 atom stereocenters. The van der Waals surface area contributed by atoms with Gasteiger partial charge in [0.25, 0.3) is 0 Å². The minimum absolute atomic E-state index is 0.789. The molecule has 0 aromatic heterocycles. The number of nitrogens with zero attached hydrogens (tertiary/aromatic N) is 1. The highest BCUT2D eigenvalue weighted by Gasteiger charge is 2.05. The summed E-state index contributed by atoms with van der Waals surface area (Å²) in [6.07, 6.45) is 4.48. The molecule has 0 radical (unpaired) electrons. The number of rotatable bonds is 9. The Morgan fingerprint density at radius 2 is 1.86 bits per heavy atom. The summed E-state index contributed by atoms with van der Waals surface area (Å²) >= 11 is 0. The molecule has 0 saturated carbocycles. The Morgan fingerprint density at radius 1 is 1.09 bits per heavy atom. The average molecular weight is 307 g/mol.